The van der Waals surface area contributed by atoms with Gasteiger partial charge in [-0.25, -0.2) is 0 Å². The lowest BCUT2D eigenvalue weighted by molar-refractivity contribution is -0.137. The van der Waals surface area contributed by atoms with E-state index in [0.29, 0.717) is 18.6 Å². The monoisotopic (exact) mass is 224 g/mol. The zero-order valence-corrected chi connectivity index (χ0v) is 9.09. The fourth-order valence-corrected chi connectivity index (χ4v) is 2.20. The van der Waals surface area contributed by atoms with Crippen LogP contribution >= 0.6 is 0 Å². The van der Waals surface area contributed by atoms with E-state index in [9.17, 15) is 9.59 Å². The molecule has 1 heterocycles. The molecule has 0 bridgehead atoms. The Kier molecular flexibility index (Phi) is 3.39. The fraction of sp³-hybridized carbons (Fsp3) is 0.667. The van der Waals surface area contributed by atoms with Gasteiger partial charge in [0, 0.05) is 12.8 Å². The van der Waals surface area contributed by atoms with Crippen LogP contribution in [0.15, 0.2) is 12.2 Å². The first-order chi connectivity index (χ1) is 7.68. The first kappa shape index (κ1) is 11.3. The van der Waals surface area contributed by atoms with Crippen LogP contribution in [0.25, 0.3) is 0 Å². The largest absolute Gasteiger partial charge is 0.481 e. The molecule has 0 amide bonds. The zero-order chi connectivity index (χ0) is 11.5. The number of hydrogen-bond acceptors (Lipinski definition) is 3. The summed E-state index contributed by atoms with van der Waals surface area (Å²) in [6.45, 7) is 0. The highest BCUT2D eigenvalue weighted by atomic mass is 16.6. The molecule has 0 aromatic heterocycles. The maximum atomic E-state index is 11.4. The smallest absolute Gasteiger partial charge is 0.303 e. The molecule has 1 N–H and O–H groups in total. The van der Waals surface area contributed by atoms with Gasteiger partial charge in [0.05, 0.1) is 18.1 Å². The van der Waals surface area contributed by atoms with Crippen molar-refractivity contribution < 1.29 is 19.4 Å². The molecule has 16 heavy (non-hydrogen) atoms. The third kappa shape index (κ3) is 2.70. The van der Waals surface area contributed by atoms with Gasteiger partial charge in [0.25, 0.3) is 0 Å². The number of carbonyl (C=O) groups excluding carboxylic acids is 1. The summed E-state index contributed by atoms with van der Waals surface area (Å²) in [5.41, 5.74) is 0. The third-order valence-electron chi connectivity index (χ3n) is 3.15. The highest BCUT2D eigenvalue weighted by molar-refractivity contribution is 5.86. The van der Waals surface area contributed by atoms with Crippen LogP contribution in [0.2, 0.25) is 0 Å². The molecule has 3 unspecified atom stereocenters. The van der Waals surface area contributed by atoms with Crippen molar-refractivity contribution in [2.45, 2.75) is 44.3 Å². The minimum Gasteiger partial charge on any atom is -0.481 e. The Morgan fingerprint density at radius 2 is 2.31 bits per heavy atom. The number of carboxylic acids is 1. The minimum absolute atomic E-state index is 0.0562. The summed E-state index contributed by atoms with van der Waals surface area (Å²) in [6, 6.07) is 0. The topological polar surface area (TPSA) is 66.9 Å². The van der Waals surface area contributed by atoms with Gasteiger partial charge in [-0.3, -0.25) is 9.59 Å². The lowest BCUT2D eigenvalue weighted by Gasteiger charge is -2.04. The Balaban J connectivity index is 1.61. The van der Waals surface area contributed by atoms with E-state index >= 15 is 0 Å². The summed E-state index contributed by atoms with van der Waals surface area (Å²) in [5.74, 6) is -0.384. The molecule has 4 nitrogen and oxygen atoms in total. The molecule has 0 aromatic rings. The Labute approximate surface area is 94.3 Å². The maximum Gasteiger partial charge on any atom is 0.303 e. The summed E-state index contributed by atoms with van der Waals surface area (Å²) in [7, 11) is 0. The number of rotatable bonds is 6. The van der Waals surface area contributed by atoms with Crippen molar-refractivity contribution in [1.29, 1.82) is 0 Å². The highest BCUT2D eigenvalue weighted by Crippen LogP contribution is 2.42. The van der Waals surface area contributed by atoms with Crippen molar-refractivity contribution in [2.24, 2.45) is 5.92 Å². The number of carboxylic acid groups (broad SMARTS) is 1. The number of epoxide rings is 1. The lowest BCUT2D eigenvalue weighted by Crippen LogP contribution is -2.13. The number of ketones is 1. The zero-order valence-electron chi connectivity index (χ0n) is 9.09. The third-order valence-corrected chi connectivity index (χ3v) is 3.15. The average Bonchev–Trinajstić information content (AvgIpc) is 2.89. The van der Waals surface area contributed by atoms with Crippen LogP contribution in [0.4, 0.5) is 0 Å². The number of hydrogen-bond donors (Lipinski definition) is 1. The van der Waals surface area contributed by atoms with Crippen molar-refractivity contribution in [3.8, 4) is 0 Å². The van der Waals surface area contributed by atoms with Crippen molar-refractivity contribution in [3.63, 3.8) is 0 Å². The van der Waals surface area contributed by atoms with Crippen LogP contribution in [0.5, 0.6) is 0 Å². The number of aliphatic carboxylic acids is 1. The summed E-state index contributed by atoms with van der Waals surface area (Å²) in [4.78, 5) is 21.7. The Bertz CT molecular complexity index is 321. The Morgan fingerprint density at radius 3 is 2.94 bits per heavy atom. The second kappa shape index (κ2) is 4.78. The van der Waals surface area contributed by atoms with Crippen molar-refractivity contribution in [2.75, 3.05) is 0 Å². The van der Waals surface area contributed by atoms with E-state index in [-0.39, 0.29) is 24.5 Å². The van der Waals surface area contributed by atoms with Gasteiger partial charge in [0.15, 0.2) is 0 Å². The van der Waals surface area contributed by atoms with E-state index in [1.807, 2.05) is 12.2 Å². The molecule has 1 saturated heterocycles. The summed E-state index contributed by atoms with van der Waals surface area (Å²) < 4.78 is 5.31. The molecule has 3 atom stereocenters. The van der Waals surface area contributed by atoms with Gasteiger partial charge in [-0.15, -0.1) is 0 Å². The van der Waals surface area contributed by atoms with E-state index in [2.05, 4.69) is 0 Å². The first-order valence-electron chi connectivity index (χ1n) is 5.73. The van der Waals surface area contributed by atoms with E-state index in [1.54, 1.807) is 0 Å². The number of ether oxygens (including phenoxy) is 1. The van der Waals surface area contributed by atoms with Gasteiger partial charge in [-0.05, 0) is 19.3 Å². The molecule has 1 aliphatic carbocycles. The van der Waals surface area contributed by atoms with Gasteiger partial charge in [-0.2, -0.15) is 0 Å². The number of Topliss-reactive ketones (excluding diaryl/α,β-unsaturated/α-hetero) is 1. The lowest BCUT2D eigenvalue weighted by atomic mass is 10.0. The molecule has 1 saturated carbocycles. The Morgan fingerprint density at radius 1 is 1.50 bits per heavy atom. The molecule has 4 heteroatoms. The number of allylic oxidation sites excluding steroid dienone is 2. The second-order valence-corrected chi connectivity index (χ2v) is 4.41. The van der Waals surface area contributed by atoms with Crippen LogP contribution in [-0.2, 0) is 14.3 Å². The van der Waals surface area contributed by atoms with Crippen molar-refractivity contribution in [3.05, 3.63) is 12.2 Å². The van der Waals surface area contributed by atoms with Gasteiger partial charge in [0.2, 0.25) is 0 Å². The summed E-state index contributed by atoms with van der Waals surface area (Å²) >= 11 is 0. The van der Waals surface area contributed by atoms with Crippen LogP contribution in [0.1, 0.15) is 32.1 Å². The predicted octanol–water partition coefficient (Wildman–Crippen LogP) is 1.54. The quantitative estimate of drug-likeness (QED) is 0.422. The number of fused-ring (bicyclic) bond motifs is 1. The SMILES string of the molecule is O=C(O)CCCC=CCC1C(=O)CC2OC21. The number of carbonyl (C=O) groups is 2. The average molecular weight is 224 g/mol. The molecule has 0 radical (unpaired) electrons. The molecule has 0 spiro atoms. The van der Waals surface area contributed by atoms with Gasteiger partial charge < -0.3 is 9.84 Å². The highest BCUT2D eigenvalue weighted by Gasteiger charge is 2.54. The molecule has 2 fully saturated rings. The summed E-state index contributed by atoms with van der Waals surface area (Å²) in [6.07, 6.45) is 7.29. The Hall–Kier alpha value is -1.16. The van der Waals surface area contributed by atoms with Crippen molar-refractivity contribution >= 4 is 11.8 Å². The van der Waals surface area contributed by atoms with Gasteiger partial charge in [-0.1, -0.05) is 12.2 Å². The molecule has 2 rings (SSSR count). The van der Waals surface area contributed by atoms with Crippen LogP contribution in [-0.4, -0.2) is 29.1 Å². The van der Waals surface area contributed by atoms with Crippen LogP contribution < -0.4 is 0 Å². The molecular weight excluding hydrogens is 208 g/mol. The first-order valence-corrected chi connectivity index (χ1v) is 5.73. The molecule has 1 aliphatic heterocycles. The van der Waals surface area contributed by atoms with E-state index < -0.39 is 5.97 Å². The van der Waals surface area contributed by atoms with E-state index in [4.69, 9.17) is 9.84 Å². The van der Waals surface area contributed by atoms with E-state index in [0.717, 1.165) is 12.8 Å². The molecule has 0 aromatic carbocycles. The predicted molar refractivity (Wildman–Crippen MR) is 57.0 cm³/mol. The fourth-order valence-electron chi connectivity index (χ4n) is 2.20. The number of unbranched alkanes of at least 4 members (excludes halogenated alkanes) is 1. The molecular formula is C12H16O4. The molecule has 2 aliphatic rings. The maximum absolute atomic E-state index is 11.4. The second-order valence-electron chi connectivity index (χ2n) is 4.41. The molecule has 88 valence electrons. The minimum atomic E-state index is -0.756. The van der Waals surface area contributed by atoms with Crippen LogP contribution in [0, 0.1) is 5.92 Å². The van der Waals surface area contributed by atoms with E-state index in [1.165, 1.54) is 0 Å². The standard InChI is InChI=1S/C12H16O4/c13-9-7-10-12(16-10)8(9)5-3-1-2-4-6-11(14)15/h1,3,8,10,12H,2,4-7H2,(H,14,15). The van der Waals surface area contributed by atoms with Crippen LogP contribution in [0.3, 0.4) is 0 Å². The summed E-state index contributed by atoms with van der Waals surface area (Å²) in [5, 5.41) is 8.43. The normalized spacial score (nSPS) is 32.0. The van der Waals surface area contributed by atoms with Crippen molar-refractivity contribution in [1.82, 2.24) is 0 Å². The van der Waals surface area contributed by atoms with Gasteiger partial charge >= 0.3 is 5.97 Å². The van der Waals surface area contributed by atoms with Gasteiger partial charge in [0.1, 0.15) is 5.78 Å².